The standard InChI is InChI=1S/C24H25FN2O3/c1-15-10-16(2)12-20(11-15)27-23(29)21(18-5-7-19(25)8-6-18)22(24(27)30)26-9-3-4-17(13-26)14-28/h5-8,10-12,17,28H,3-4,9,13-14H2,1-2H3. The first kappa shape index (κ1) is 20.3. The molecular weight excluding hydrogens is 383 g/mol. The molecule has 0 aromatic heterocycles. The quantitative estimate of drug-likeness (QED) is 0.788. The van der Waals surface area contributed by atoms with Gasteiger partial charge in [0.15, 0.2) is 0 Å². The minimum absolute atomic E-state index is 0.0403. The van der Waals surface area contributed by atoms with Crippen molar-refractivity contribution in [2.24, 2.45) is 5.92 Å². The monoisotopic (exact) mass is 408 g/mol. The number of anilines is 1. The van der Waals surface area contributed by atoms with Gasteiger partial charge >= 0.3 is 0 Å². The first-order valence-corrected chi connectivity index (χ1v) is 10.2. The molecule has 30 heavy (non-hydrogen) atoms. The van der Waals surface area contributed by atoms with Crippen LogP contribution in [0.15, 0.2) is 48.2 Å². The molecule has 1 saturated heterocycles. The van der Waals surface area contributed by atoms with Gasteiger partial charge in [0.2, 0.25) is 0 Å². The van der Waals surface area contributed by atoms with Crippen LogP contribution >= 0.6 is 0 Å². The lowest BCUT2D eigenvalue weighted by atomic mass is 9.97. The Kier molecular flexibility index (Phi) is 5.43. The number of carbonyl (C=O) groups is 2. The summed E-state index contributed by atoms with van der Waals surface area (Å²) in [7, 11) is 0. The summed E-state index contributed by atoms with van der Waals surface area (Å²) in [5.41, 5.74) is 3.60. The number of nitrogens with zero attached hydrogens (tertiary/aromatic N) is 2. The third-order valence-electron chi connectivity index (χ3n) is 5.75. The van der Waals surface area contributed by atoms with Crippen LogP contribution in [0.1, 0.15) is 29.5 Å². The topological polar surface area (TPSA) is 60.9 Å². The van der Waals surface area contributed by atoms with E-state index in [2.05, 4.69) is 0 Å². The Hall–Kier alpha value is -2.99. The molecule has 2 aromatic rings. The molecule has 2 aliphatic heterocycles. The highest BCUT2D eigenvalue weighted by molar-refractivity contribution is 6.45. The zero-order valence-electron chi connectivity index (χ0n) is 17.2. The fourth-order valence-electron chi connectivity index (χ4n) is 4.42. The highest BCUT2D eigenvalue weighted by atomic mass is 19.1. The molecule has 4 rings (SSSR count). The zero-order valence-corrected chi connectivity index (χ0v) is 17.2. The predicted octanol–water partition coefficient (Wildman–Crippen LogP) is 3.43. The van der Waals surface area contributed by atoms with Gasteiger partial charge in [0.25, 0.3) is 11.8 Å². The largest absolute Gasteiger partial charge is 0.396 e. The number of likely N-dealkylation sites (tertiary alicyclic amines) is 1. The van der Waals surface area contributed by atoms with Crippen molar-refractivity contribution in [3.8, 4) is 0 Å². The maximum Gasteiger partial charge on any atom is 0.282 e. The highest BCUT2D eigenvalue weighted by Crippen LogP contribution is 2.37. The summed E-state index contributed by atoms with van der Waals surface area (Å²) in [6, 6.07) is 11.3. The first-order chi connectivity index (χ1) is 14.4. The average molecular weight is 408 g/mol. The summed E-state index contributed by atoms with van der Waals surface area (Å²) in [6.45, 7) is 5.03. The number of aliphatic hydroxyl groups excluding tert-OH is 1. The van der Waals surface area contributed by atoms with Gasteiger partial charge < -0.3 is 10.0 Å². The Bertz CT molecular complexity index is 1010. The number of carbonyl (C=O) groups excluding carboxylic acids is 2. The predicted molar refractivity (Wildman–Crippen MR) is 113 cm³/mol. The van der Waals surface area contributed by atoms with Crippen molar-refractivity contribution in [2.75, 3.05) is 24.6 Å². The van der Waals surface area contributed by atoms with Crippen LogP contribution in [0, 0.1) is 25.6 Å². The molecule has 2 aliphatic rings. The molecule has 2 amide bonds. The third-order valence-corrected chi connectivity index (χ3v) is 5.75. The van der Waals surface area contributed by atoms with Crippen molar-refractivity contribution in [1.29, 1.82) is 0 Å². The minimum atomic E-state index is -0.405. The smallest absolute Gasteiger partial charge is 0.282 e. The Balaban J connectivity index is 1.83. The maximum atomic E-state index is 13.6. The van der Waals surface area contributed by atoms with Crippen LogP contribution in [0.4, 0.5) is 10.1 Å². The van der Waals surface area contributed by atoms with Crippen molar-refractivity contribution in [1.82, 2.24) is 4.90 Å². The van der Waals surface area contributed by atoms with Crippen LogP contribution in [0.25, 0.3) is 5.57 Å². The molecule has 0 radical (unpaired) electrons. The zero-order chi connectivity index (χ0) is 21.4. The number of hydrogen-bond donors (Lipinski definition) is 1. The van der Waals surface area contributed by atoms with Crippen molar-refractivity contribution >= 4 is 23.1 Å². The van der Waals surface area contributed by atoms with Gasteiger partial charge in [0, 0.05) is 19.7 Å². The molecule has 1 fully saturated rings. The second-order valence-corrected chi connectivity index (χ2v) is 8.16. The van der Waals surface area contributed by atoms with E-state index >= 15 is 0 Å². The number of amides is 2. The number of rotatable bonds is 4. The number of piperidine rings is 1. The number of halogens is 1. The van der Waals surface area contributed by atoms with Gasteiger partial charge in [-0.05, 0) is 73.6 Å². The van der Waals surface area contributed by atoms with Gasteiger partial charge in [-0.2, -0.15) is 0 Å². The third kappa shape index (κ3) is 3.63. The first-order valence-electron chi connectivity index (χ1n) is 10.2. The molecule has 5 nitrogen and oxygen atoms in total. The maximum absolute atomic E-state index is 13.6. The molecule has 0 spiro atoms. The van der Waals surface area contributed by atoms with Crippen molar-refractivity contribution in [3.05, 3.63) is 70.7 Å². The van der Waals surface area contributed by atoms with E-state index in [9.17, 15) is 19.1 Å². The van der Waals surface area contributed by atoms with E-state index in [1.54, 1.807) is 0 Å². The van der Waals surface area contributed by atoms with Crippen LogP contribution in [-0.2, 0) is 9.59 Å². The van der Waals surface area contributed by atoms with Crippen LogP contribution in [0.3, 0.4) is 0 Å². The molecule has 0 saturated carbocycles. The van der Waals surface area contributed by atoms with E-state index in [0.717, 1.165) is 24.0 Å². The van der Waals surface area contributed by atoms with Gasteiger partial charge in [0.1, 0.15) is 11.5 Å². The van der Waals surface area contributed by atoms with Crippen LogP contribution < -0.4 is 4.90 Å². The molecule has 2 heterocycles. The Morgan fingerprint density at radius 1 is 1.03 bits per heavy atom. The van der Waals surface area contributed by atoms with Crippen LogP contribution in [-0.4, -0.2) is 41.5 Å². The number of imide groups is 1. The normalized spacial score (nSPS) is 19.8. The number of hydrogen-bond acceptors (Lipinski definition) is 4. The molecule has 1 unspecified atom stereocenters. The Labute approximate surface area is 175 Å². The lowest BCUT2D eigenvalue weighted by molar-refractivity contribution is -0.120. The summed E-state index contributed by atoms with van der Waals surface area (Å²) in [4.78, 5) is 30.2. The van der Waals surface area contributed by atoms with E-state index < -0.39 is 11.7 Å². The van der Waals surface area contributed by atoms with E-state index in [-0.39, 0.29) is 24.0 Å². The van der Waals surface area contributed by atoms with Crippen molar-refractivity contribution in [2.45, 2.75) is 26.7 Å². The summed E-state index contributed by atoms with van der Waals surface area (Å²) in [5.74, 6) is -1.12. The van der Waals surface area contributed by atoms with Gasteiger partial charge in [-0.15, -0.1) is 0 Å². The van der Waals surface area contributed by atoms with E-state index in [1.807, 2.05) is 36.9 Å². The summed E-state index contributed by atoms with van der Waals surface area (Å²) in [6.07, 6.45) is 1.71. The van der Waals surface area contributed by atoms with Gasteiger partial charge in [-0.1, -0.05) is 18.2 Å². The van der Waals surface area contributed by atoms with Crippen LogP contribution in [0.5, 0.6) is 0 Å². The SMILES string of the molecule is Cc1cc(C)cc(N2C(=O)C(c3ccc(F)cc3)=C(N3CCCC(CO)C3)C2=O)c1. The molecule has 0 bridgehead atoms. The highest BCUT2D eigenvalue weighted by Gasteiger charge is 2.43. The second-order valence-electron chi connectivity index (χ2n) is 8.16. The fourth-order valence-corrected chi connectivity index (χ4v) is 4.42. The number of aliphatic hydroxyl groups is 1. The molecule has 1 N–H and O–H groups in total. The van der Waals surface area contributed by atoms with E-state index in [0.29, 0.717) is 30.0 Å². The number of aryl methyl sites for hydroxylation is 2. The molecule has 1 atom stereocenters. The Morgan fingerprint density at radius 2 is 1.70 bits per heavy atom. The number of benzene rings is 2. The summed E-state index contributed by atoms with van der Waals surface area (Å²) < 4.78 is 13.5. The van der Waals surface area contributed by atoms with Gasteiger partial charge in [-0.25, -0.2) is 9.29 Å². The molecular formula is C24H25FN2O3. The van der Waals surface area contributed by atoms with Crippen molar-refractivity contribution in [3.63, 3.8) is 0 Å². The molecule has 0 aliphatic carbocycles. The van der Waals surface area contributed by atoms with E-state index in [4.69, 9.17) is 0 Å². The summed E-state index contributed by atoms with van der Waals surface area (Å²) in [5, 5.41) is 9.63. The molecule has 6 heteroatoms. The second kappa shape index (κ2) is 8.03. The summed E-state index contributed by atoms with van der Waals surface area (Å²) >= 11 is 0. The minimum Gasteiger partial charge on any atom is -0.396 e. The van der Waals surface area contributed by atoms with Crippen molar-refractivity contribution < 1.29 is 19.1 Å². The Morgan fingerprint density at radius 3 is 2.33 bits per heavy atom. The van der Waals surface area contributed by atoms with Crippen LogP contribution in [0.2, 0.25) is 0 Å². The van der Waals surface area contributed by atoms with E-state index in [1.165, 1.54) is 29.2 Å². The molecule has 2 aromatic carbocycles. The van der Waals surface area contributed by atoms with Gasteiger partial charge in [-0.3, -0.25) is 9.59 Å². The average Bonchev–Trinajstić information content (AvgIpc) is 2.98. The lowest BCUT2D eigenvalue weighted by Crippen LogP contribution is -2.40. The van der Waals surface area contributed by atoms with Gasteiger partial charge in [0.05, 0.1) is 11.3 Å². The molecule has 156 valence electrons. The lowest BCUT2D eigenvalue weighted by Gasteiger charge is -2.34. The fraction of sp³-hybridized carbons (Fsp3) is 0.333.